The molecule has 0 aromatic heterocycles. The third kappa shape index (κ3) is 5.72. The zero-order chi connectivity index (χ0) is 20.9. The highest BCUT2D eigenvalue weighted by molar-refractivity contribution is 5.30. The summed E-state index contributed by atoms with van der Waals surface area (Å²) in [6.07, 6.45) is -3.77. The normalized spacial score (nSPS) is 18.7. The Balaban J connectivity index is 1.69. The van der Waals surface area contributed by atoms with Gasteiger partial charge in [0.2, 0.25) is 0 Å². The monoisotopic (exact) mass is 408 g/mol. The van der Waals surface area contributed by atoms with E-state index < -0.39 is 11.7 Å². The Hall–Kier alpha value is -2.09. The maximum absolute atomic E-state index is 13.3. The van der Waals surface area contributed by atoms with Crippen LogP contribution >= 0.6 is 0 Å². The van der Waals surface area contributed by atoms with E-state index in [9.17, 15) is 18.3 Å². The van der Waals surface area contributed by atoms with E-state index >= 15 is 0 Å². The SMILES string of the molecule is COc1cccc(CN2CCN(Cc3ccccc3C(F)(F)F)CC2CCO)c1. The second kappa shape index (κ2) is 9.61. The van der Waals surface area contributed by atoms with Gasteiger partial charge in [0, 0.05) is 45.4 Å². The summed E-state index contributed by atoms with van der Waals surface area (Å²) in [5.41, 5.74) is 0.838. The molecular formula is C22H27F3N2O2. The highest BCUT2D eigenvalue weighted by atomic mass is 19.4. The van der Waals surface area contributed by atoms with Crippen LogP contribution in [0.5, 0.6) is 5.75 Å². The molecule has 29 heavy (non-hydrogen) atoms. The van der Waals surface area contributed by atoms with Gasteiger partial charge in [-0.3, -0.25) is 9.80 Å². The molecule has 0 spiro atoms. The Morgan fingerprint density at radius 3 is 2.59 bits per heavy atom. The summed E-state index contributed by atoms with van der Waals surface area (Å²) in [7, 11) is 1.63. The third-order valence-corrected chi connectivity index (χ3v) is 5.39. The van der Waals surface area contributed by atoms with E-state index in [1.807, 2.05) is 29.2 Å². The van der Waals surface area contributed by atoms with Gasteiger partial charge in [-0.1, -0.05) is 30.3 Å². The minimum absolute atomic E-state index is 0.0479. The Bertz CT molecular complexity index is 798. The van der Waals surface area contributed by atoms with E-state index in [1.54, 1.807) is 19.2 Å². The van der Waals surface area contributed by atoms with E-state index in [4.69, 9.17) is 4.74 Å². The smallest absolute Gasteiger partial charge is 0.416 e. The van der Waals surface area contributed by atoms with Gasteiger partial charge in [-0.25, -0.2) is 0 Å². The number of hydrogen-bond acceptors (Lipinski definition) is 4. The molecule has 1 heterocycles. The summed E-state index contributed by atoms with van der Waals surface area (Å²) < 4.78 is 45.2. The van der Waals surface area contributed by atoms with Gasteiger partial charge in [0.05, 0.1) is 12.7 Å². The minimum atomic E-state index is -4.35. The molecule has 1 N–H and O–H groups in total. The Morgan fingerprint density at radius 2 is 1.86 bits per heavy atom. The van der Waals surface area contributed by atoms with E-state index in [0.29, 0.717) is 25.1 Å². The largest absolute Gasteiger partial charge is 0.497 e. The first-order chi connectivity index (χ1) is 13.9. The van der Waals surface area contributed by atoms with Gasteiger partial charge in [-0.15, -0.1) is 0 Å². The molecule has 1 fully saturated rings. The molecule has 3 rings (SSSR count). The van der Waals surface area contributed by atoms with Crippen molar-refractivity contribution in [2.45, 2.75) is 31.7 Å². The van der Waals surface area contributed by atoms with Crippen molar-refractivity contribution in [2.24, 2.45) is 0 Å². The van der Waals surface area contributed by atoms with Gasteiger partial charge < -0.3 is 9.84 Å². The molecule has 1 unspecified atom stereocenters. The number of halogens is 3. The fourth-order valence-corrected chi connectivity index (χ4v) is 3.91. The zero-order valence-corrected chi connectivity index (χ0v) is 16.5. The van der Waals surface area contributed by atoms with Crippen LogP contribution in [0.15, 0.2) is 48.5 Å². The van der Waals surface area contributed by atoms with Gasteiger partial charge in [-0.2, -0.15) is 13.2 Å². The molecule has 0 radical (unpaired) electrons. The van der Waals surface area contributed by atoms with Crippen LogP contribution in [0.25, 0.3) is 0 Å². The van der Waals surface area contributed by atoms with Crippen LogP contribution in [-0.4, -0.2) is 54.3 Å². The Morgan fingerprint density at radius 1 is 1.07 bits per heavy atom. The van der Waals surface area contributed by atoms with Gasteiger partial charge in [-0.05, 0) is 35.7 Å². The van der Waals surface area contributed by atoms with Crippen molar-refractivity contribution in [1.82, 2.24) is 9.80 Å². The second-order valence-corrected chi connectivity index (χ2v) is 7.38. The van der Waals surface area contributed by atoms with Crippen LogP contribution in [0.2, 0.25) is 0 Å². The number of rotatable bonds is 7. The first-order valence-electron chi connectivity index (χ1n) is 9.76. The molecule has 4 nitrogen and oxygen atoms in total. The summed E-state index contributed by atoms with van der Waals surface area (Å²) in [4.78, 5) is 4.34. The summed E-state index contributed by atoms with van der Waals surface area (Å²) >= 11 is 0. The topological polar surface area (TPSA) is 35.9 Å². The molecule has 0 amide bonds. The summed E-state index contributed by atoms with van der Waals surface area (Å²) in [6.45, 7) is 3.05. The number of benzene rings is 2. The van der Waals surface area contributed by atoms with Crippen LogP contribution in [0, 0.1) is 0 Å². The predicted octanol–water partition coefficient (Wildman–Crippen LogP) is 3.78. The molecule has 2 aromatic carbocycles. The molecular weight excluding hydrogens is 381 g/mol. The Kier molecular flexibility index (Phi) is 7.16. The van der Waals surface area contributed by atoms with Crippen LogP contribution < -0.4 is 4.74 Å². The first-order valence-corrected chi connectivity index (χ1v) is 9.76. The van der Waals surface area contributed by atoms with Gasteiger partial charge in [0.25, 0.3) is 0 Å². The standard InChI is InChI=1S/C22H27F3N2O2/c1-29-20-7-4-5-17(13-20)14-27-11-10-26(16-19(27)9-12-28)15-18-6-2-3-8-21(18)22(23,24)25/h2-8,13,19,28H,9-12,14-16H2,1H3. The lowest BCUT2D eigenvalue weighted by Crippen LogP contribution is -2.52. The van der Waals surface area contributed by atoms with Crippen LogP contribution in [0.3, 0.4) is 0 Å². The molecule has 0 bridgehead atoms. The van der Waals surface area contributed by atoms with Crippen molar-refractivity contribution in [3.05, 3.63) is 65.2 Å². The van der Waals surface area contributed by atoms with Gasteiger partial charge >= 0.3 is 6.18 Å². The van der Waals surface area contributed by atoms with Crippen LogP contribution in [0.1, 0.15) is 23.1 Å². The number of methoxy groups -OCH3 is 1. The van der Waals surface area contributed by atoms with E-state index in [-0.39, 0.29) is 19.2 Å². The predicted molar refractivity (Wildman–Crippen MR) is 106 cm³/mol. The molecule has 7 heteroatoms. The molecule has 158 valence electrons. The van der Waals surface area contributed by atoms with Crippen LogP contribution in [-0.2, 0) is 19.3 Å². The van der Waals surface area contributed by atoms with Gasteiger partial charge in [0.1, 0.15) is 5.75 Å². The fourth-order valence-electron chi connectivity index (χ4n) is 3.91. The maximum atomic E-state index is 13.3. The maximum Gasteiger partial charge on any atom is 0.416 e. The average Bonchev–Trinajstić information content (AvgIpc) is 2.70. The lowest BCUT2D eigenvalue weighted by Gasteiger charge is -2.41. The van der Waals surface area contributed by atoms with Crippen LogP contribution in [0.4, 0.5) is 13.2 Å². The average molecular weight is 408 g/mol. The number of piperazine rings is 1. The highest BCUT2D eigenvalue weighted by Gasteiger charge is 2.34. The molecule has 1 aliphatic heterocycles. The van der Waals surface area contributed by atoms with Crippen molar-refractivity contribution in [3.63, 3.8) is 0 Å². The number of nitrogens with zero attached hydrogens (tertiary/aromatic N) is 2. The van der Waals surface area contributed by atoms with Crippen molar-refractivity contribution in [1.29, 1.82) is 0 Å². The van der Waals surface area contributed by atoms with Gasteiger partial charge in [0.15, 0.2) is 0 Å². The highest BCUT2D eigenvalue weighted by Crippen LogP contribution is 2.32. The summed E-state index contributed by atoms with van der Waals surface area (Å²) in [5, 5.41) is 9.50. The third-order valence-electron chi connectivity index (χ3n) is 5.39. The van der Waals surface area contributed by atoms with Crippen molar-refractivity contribution >= 4 is 0 Å². The second-order valence-electron chi connectivity index (χ2n) is 7.38. The van der Waals surface area contributed by atoms with Crippen molar-refractivity contribution in [2.75, 3.05) is 33.4 Å². The quantitative estimate of drug-likeness (QED) is 0.757. The lowest BCUT2D eigenvalue weighted by molar-refractivity contribution is -0.138. The molecule has 2 aromatic rings. The molecule has 0 saturated carbocycles. The van der Waals surface area contributed by atoms with Crippen molar-refractivity contribution in [3.8, 4) is 5.75 Å². The molecule has 1 aliphatic rings. The fraction of sp³-hybridized carbons (Fsp3) is 0.455. The summed E-state index contributed by atoms with van der Waals surface area (Å²) in [6, 6.07) is 13.7. The van der Waals surface area contributed by atoms with E-state index in [2.05, 4.69) is 4.90 Å². The number of aliphatic hydroxyl groups excluding tert-OH is 1. The Labute approximate surface area is 169 Å². The number of ether oxygens (including phenoxy) is 1. The number of alkyl halides is 3. The number of hydrogen-bond donors (Lipinski definition) is 1. The van der Waals surface area contributed by atoms with E-state index in [1.165, 1.54) is 6.07 Å². The molecule has 0 aliphatic carbocycles. The summed E-state index contributed by atoms with van der Waals surface area (Å²) in [5.74, 6) is 0.795. The minimum Gasteiger partial charge on any atom is -0.497 e. The van der Waals surface area contributed by atoms with Crippen molar-refractivity contribution < 1.29 is 23.0 Å². The molecule has 1 atom stereocenters. The first kappa shape index (κ1) is 21.6. The molecule has 1 saturated heterocycles. The number of aliphatic hydroxyl groups is 1. The lowest BCUT2D eigenvalue weighted by atomic mass is 10.0. The van der Waals surface area contributed by atoms with E-state index in [0.717, 1.165) is 30.5 Å². The zero-order valence-electron chi connectivity index (χ0n) is 16.5.